The molecule has 1 saturated heterocycles. The number of likely N-dealkylation sites (N-methyl/N-ethyl adjacent to an activating group) is 1. The number of methoxy groups -OCH3 is 2. The third-order valence-corrected chi connectivity index (χ3v) is 9.68. The molecular formula is C27H38N2O3. The van der Waals surface area contributed by atoms with Crippen molar-refractivity contribution in [2.75, 3.05) is 27.8 Å². The van der Waals surface area contributed by atoms with Gasteiger partial charge in [0.05, 0.1) is 19.9 Å². The third-order valence-electron chi connectivity index (χ3n) is 9.68. The molecule has 1 aromatic rings. The Hall–Kier alpha value is -1.75. The summed E-state index contributed by atoms with van der Waals surface area (Å²) in [5.74, 6) is 4.32. The highest BCUT2D eigenvalue weighted by atomic mass is 16.6. The van der Waals surface area contributed by atoms with Crippen molar-refractivity contribution in [3.63, 3.8) is 0 Å². The molecule has 5 heteroatoms. The van der Waals surface area contributed by atoms with Gasteiger partial charge in [0.15, 0.2) is 11.5 Å². The third kappa shape index (κ3) is 3.26. The molecule has 7 rings (SSSR count). The minimum Gasteiger partial charge on any atom is -0.493 e. The Labute approximate surface area is 192 Å². The van der Waals surface area contributed by atoms with Crippen LogP contribution in [0.25, 0.3) is 0 Å². The number of hydrogen-bond acceptors (Lipinski definition) is 5. The summed E-state index contributed by atoms with van der Waals surface area (Å²) in [5.41, 5.74) is 2.87. The van der Waals surface area contributed by atoms with E-state index in [2.05, 4.69) is 30.1 Å². The van der Waals surface area contributed by atoms with E-state index in [9.17, 15) is 0 Å². The molecule has 0 aromatic heterocycles. The molecule has 0 unspecified atom stereocenters. The number of hydrogen-bond donors (Lipinski definition) is 0. The molecule has 32 heavy (non-hydrogen) atoms. The lowest BCUT2D eigenvalue weighted by Crippen LogP contribution is -2.51. The summed E-state index contributed by atoms with van der Waals surface area (Å²) in [6.07, 6.45) is 12.4. The Kier molecular flexibility index (Phi) is 4.98. The lowest BCUT2D eigenvalue weighted by Gasteiger charge is -2.54. The van der Waals surface area contributed by atoms with Crippen molar-refractivity contribution in [1.82, 2.24) is 4.90 Å². The Bertz CT molecular complexity index is 877. The second-order valence-corrected chi connectivity index (χ2v) is 11.5. The van der Waals surface area contributed by atoms with Gasteiger partial charge in [0.1, 0.15) is 5.60 Å². The molecule has 0 N–H and O–H groups in total. The average molecular weight is 439 g/mol. The molecule has 0 spiro atoms. The Morgan fingerprint density at radius 1 is 0.938 bits per heavy atom. The standard InChI is InChI=1S/C27H38N2O3/c1-29-9-8-27(21-4-5-23(30-2)24(13-21)31-3)7-6-22(14-25(27)29)28-32-26-15-18-10-19(16-26)12-20(11-18)17-26/h4-5,13,18-20,25H,6-12,14-17H2,1-3H3/b28-22+/t18?,19?,20?,25-,26?,27-/m0/s1. The Balaban J connectivity index is 1.22. The highest BCUT2D eigenvalue weighted by molar-refractivity contribution is 5.86. The van der Waals surface area contributed by atoms with Crippen LogP contribution >= 0.6 is 0 Å². The Morgan fingerprint density at radius 2 is 1.62 bits per heavy atom. The quantitative estimate of drug-likeness (QED) is 0.595. The number of benzene rings is 1. The predicted octanol–water partition coefficient (Wildman–Crippen LogP) is 5.17. The molecule has 6 fully saturated rings. The summed E-state index contributed by atoms with van der Waals surface area (Å²) in [5, 5.41) is 4.90. The zero-order valence-electron chi connectivity index (χ0n) is 19.9. The number of oxime groups is 1. The molecule has 5 saturated carbocycles. The van der Waals surface area contributed by atoms with Crippen LogP contribution in [0.1, 0.15) is 69.8 Å². The smallest absolute Gasteiger partial charge is 0.161 e. The maximum atomic E-state index is 6.50. The van der Waals surface area contributed by atoms with Crippen LogP contribution in [0.15, 0.2) is 23.4 Å². The van der Waals surface area contributed by atoms with Crippen molar-refractivity contribution >= 4 is 5.71 Å². The van der Waals surface area contributed by atoms with E-state index >= 15 is 0 Å². The van der Waals surface area contributed by atoms with E-state index in [-0.39, 0.29) is 11.0 Å². The maximum Gasteiger partial charge on any atom is 0.161 e. The highest BCUT2D eigenvalue weighted by Crippen LogP contribution is 2.57. The molecule has 1 aliphatic heterocycles. The minimum absolute atomic E-state index is 0.0568. The van der Waals surface area contributed by atoms with Crippen LogP contribution < -0.4 is 9.47 Å². The summed E-state index contributed by atoms with van der Waals surface area (Å²) in [6, 6.07) is 6.99. The van der Waals surface area contributed by atoms with Gasteiger partial charge in [-0.1, -0.05) is 11.2 Å². The van der Waals surface area contributed by atoms with Crippen molar-refractivity contribution < 1.29 is 14.3 Å². The van der Waals surface area contributed by atoms with E-state index in [0.717, 1.165) is 55.1 Å². The number of rotatable bonds is 5. The van der Waals surface area contributed by atoms with E-state index in [4.69, 9.17) is 19.5 Å². The summed E-state index contributed by atoms with van der Waals surface area (Å²) in [6.45, 7) is 1.13. The predicted molar refractivity (Wildman–Crippen MR) is 126 cm³/mol. The van der Waals surface area contributed by atoms with E-state index in [0.29, 0.717) is 6.04 Å². The number of likely N-dealkylation sites (tertiary alicyclic amines) is 1. The largest absolute Gasteiger partial charge is 0.493 e. The van der Waals surface area contributed by atoms with E-state index in [1.807, 2.05) is 0 Å². The SMILES string of the molecule is COc1ccc([C@@]23CC/C(=N\OC45CC6CC(CC(C6)C4)C5)C[C@@H]2N(C)CC3)cc1OC. The molecule has 0 radical (unpaired) electrons. The maximum absolute atomic E-state index is 6.50. The first-order valence-corrected chi connectivity index (χ1v) is 12.7. The van der Waals surface area contributed by atoms with Crippen LogP contribution in [0.4, 0.5) is 0 Å². The van der Waals surface area contributed by atoms with Gasteiger partial charge in [0, 0.05) is 17.9 Å². The van der Waals surface area contributed by atoms with E-state index in [1.165, 1.54) is 56.2 Å². The summed E-state index contributed by atoms with van der Waals surface area (Å²) < 4.78 is 11.1. The van der Waals surface area contributed by atoms with Crippen molar-refractivity contribution in [2.45, 2.75) is 81.3 Å². The normalized spacial score (nSPS) is 41.7. The van der Waals surface area contributed by atoms with Gasteiger partial charge in [-0.15, -0.1) is 0 Å². The van der Waals surface area contributed by atoms with Gasteiger partial charge in [-0.3, -0.25) is 0 Å². The van der Waals surface area contributed by atoms with Crippen LogP contribution in [0, 0.1) is 17.8 Å². The van der Waals surface area contributed by atoms with Gasteiger partial charge in [-0.25, -0.2) is 0 Å². The summed E-state index contributed by atoms with van der Waals surface area (Å²) >= 11 is 0. The molecular weight excluding hydrogens is 400 g/mol. The van der Waals surface area contributed by atoms with Crippen molar-refractivity contribution in [3.05, 3.63) is 23.8 Å². The fourth-order valence-electron chi connectivity index (χ4n) is 8.47. The zero-order valence-corrected chi connectivity index (χ0v) is 19.9. The first kappa shape index (κ1) is 20.8. The molecule has 174 valence electrons. The molecule has 1 aromatic carbocycles. The van der Waals surface area contributed by atoms with Crippen LogP contribution in [-0.4, -0.2) is 50.1 Å². The topological polar surface area (TPSA) is 43.3 Å². The lowest BCUT2D eigenvalue weighted by molar-refractivity contribution is -0.162. The number of ether oxygens (including phenoxy) is 2. The van der Waals surface area contributed by atoms with Crippen LogP contribution in [0.3, 0.4) is 0 Å². The molecule has 1 heterocycles. The fraction of sp³-hybridized carbons (Fsp3) is 0.741. The van der Waals surface area contributed by atoms with Crippen LogP contribution in [-0.2, 0) is 10.3 Å². The molecule has 5 aliphatic carbocycles. The summed E-state index contributed by atoms with van der Waals surface area (Å²) in [4.78, 5) is 9.04. The van der Waals surface area contributed by atoms with E-state index in [1.54, 1.807) is 14.2 Å². The average Bonchev–Trinajstić information content (AvgIpc) is 3.13. The van der Waals surface area contributed by atoms with Gasteiger partial charge in [0.2, 0.25) is 0 Å². The monoisotopic (exact) mass is 438 g/mol. The molecule has 4 bridgehead atoms. The second kappa shape index (κ2) is 7.65. The number of nitrogens with zero attached hydrogens (tertiary/aromatic N) is 2. The highest BCUT2D eigenvalue weighted by Gasteiger charge is 2.54. The van der Waals surface area contributed by atoms with Crippen molar-refractivity contribution in [3.8, 4) is 11.5 Å². The van der Waals surface area contributed by atoms with Gasteiger partial charge in [0.25, 0.3) is 0 Å². The van der Waals surface area contributed by atoms with Crippen LogP contribution in [0.2, 0.25) is 0 Å². The summed E-state index contributed by atoms with van der Waals surface area (Å²) in [7, 11) is 5.70. The Morgan fingerprint density at radius 3 is 2.28 bits per heavy atom. The van der Waals surface area contributed by atoms with Gasteiger partial charge in [-0.2, -0.15) is 0 Å². The van der Waals surface area contributed by atoms with Crippen molar-refractivity contribution in [1.29, 1.82) is 0 Å². The van der Waals surface area contributed by atoms with Crippen LogP contribution in [0.5, 0.6) is 11.5 Å². The van der Waals surface area contributed by atoms with E-state index < -0.39 is 0 Å². The lowest BCUT2D eigenvalue weighted by atomic mass is 9.54. The molecule has 0 amide bonds. The van der Waals surface area contributed by atoms with Gasteiger partial charge >= 0.3 is 0 Å². The van der Waals surface area contributed by atoms with Gasteiger partial charge < -0.3 is 19.2 Å². The van der Waals surface area contributed by atoms with Crippen molar-refractivity contribution in [2.24, 2.45) is 22.9 Å². The first-order chi connectivity index (χ1) is 15.5. The minimum atomic E-state index is 0.0568. The number of fused-ring (bicyclic) bond motifs is 1. The first-order valence-electron chi connectivity index (χ1n) is 12.7. The molecule has 2 atom stereocenters. The van der Waals surface area contributed by atoms with Gasteiger partial charge in [-0.05, 0) is 107 Å². The molecule has 6 aliphatic rings. The zero-order chi connectivity index (χ0) is 21.9. The fourth-order valence-corrected chi connectivity index (χ4v) is 8.47. The second-order valence-electron chi connectivity index (χ2n) is 11.5. The molecule has 5 nitrogen and oxygen atoms in total.